The number of aromatic nitrogens is 4. The van der Waals surface area contributed by atoms with E-state index in [0.717, 1.165) is 26.6 Å². The number of hydrogen-bond donors (Lipinski definition) is 0. The van der Waals surface area contributed by atoms with Crippen molar-refractivity contribution in [1.29, 1.82) is 0 Å². The maximum Gasteiger partial charge on any atom is 0.262 e. The molecular formula is C34H29FN4O2S. The van der Waals surface area contributed by atoms with Crippen LogP contribution in [0.2, 0.25) is 0 Å². The second kappa shape index (κ2) is 12.0. The summed E-state index contributed by atoms with van der Waals surface area (Å²) in [4.78, 5) is 21.1. The van der Waals surface area contributed by atoms with Gasteiger partial charge < -0.3 is 4.74 Å². The van der Waals surface area contributed by atoms with Crippen molar-refractivity contribution >= 4 is 11.3 Å². The molecule has 0 amide bonds. The second-order valence-corrected chi connectivity index (χ2v) is 11.1. The number of thiophene rings is 1. The summed E-state index contributed by atoms with van der Waals surface area (Å²) >= 11 is 1.52. The first-order valence-electron chi connectivity index (χ1n) is 13.7. The van der Waals surface area contributed by atoms with Crippen LogP contribution >= 0.6 is 11.3 Å². The number of hydrogen-bond acceptors (Lipinski definition) is 5. The van der Waals surface area contributed by atoms with Crippen molar-refractivity contribution in [2.75, 3.05) is 0 Å². The topological polar surface area (TPSA) is 61.9 Å². The molecule has 0 spiro atoms. The number of ether oxygens (including phenoxy) is 1. The van der Waals surface area contributed by atoms with Crippen molar-refractivity contribution in [3.8, 4) is 38.1 Å². The molecule has 8 heteroatoms. The van der Waals surface area contributed by atoms with Crippen molar-refractivity contribution in [3.63, 3.8) is 0 Å². The highest BCUT2D eigenvalue weighted by Gasteiger charge is 2.22. The smallest absolute Gasteiger partial charge is 0.262 e. The second-order valence-electron chi connectivity index (χ2n) is 9.98. The van der Waals surface area contributed by atoms with Gasteiger partial charge in [0, 0.05) is 24.7 Å². The Morgan fingerprint density at radius 2 is 1.57 bits per heavy atom. The predicted octanol–water partition coefficient (Wildman–Crippen LogP) is 7.31. The standard InChI is InChI=1S/C34H29FN4O2S/c1-23-31(30-17-16-29(42-30)28-18-20-36-38(28)2)34(40)39(21-19-24-10-5-3-6-11-24)33(37-23)26-14-9-15-27(35)32(26)41-22-25-12-7-4-8-13-25/h3-18,20H,19,21-22H2,1-2H3. The third kappa shape index (κ3) is 5.53. The fourth-order valence-corrected chi connectivity index (χ4v) is 6.18. The first-order valence-corrected chi connectivity index (χ1v) is 14.5. The Bertz CT molecular complexity index is 1890. The monoisotopic (exact) mass is 576 g/mol. The maximum absolute atomic E-state index is 15.3. The molecule has 0 saturated carbocycles. The van der Waals surface area contributed by atoms with Crippen LogP contribution in [0.5, 0.6) is 5.75 Å². The van der Waals surface area contributed by atoms with Crippen molar-refractivity contribution in [2.24, 2.45) is 7.05 Å². The van der Waals surface area contributed by atoms with Gasteiger partial charge in [0.15, 0.2) is 11.6 Å². The lowest BCUT2D eigenvalue weighted by atomic mass is 10.1. The van der Waals surface area contributed by atoms with Gasteiger partial charge in [-0.05, 0) is 54.8 Å². The van der Waals surface area contributed by atoms with Crippen molar-refractivity contribution in [2.45, 2.75) is 26.5 Å². The Morgan fingerprint density at radius 3 is 2.29 bits per heavy atom. The zero-order valence-corrected chi connectivity index (χ0v) is 24.1. The minimum Gasteiger partial charge on any atom is -0.485 e. The fraction of sp³-hybridized carbons (Fsp3) is 0.147. The van der Waals surface area contributed by atoms with Crippen molar-refractivity contribution in [1.82, 2.24) is 19.3 Å². The number of para-hydroxylation sites is 1. The van der Waals surface area contributed by atoms with E-state index in [1.165, 1.54) is 17.4 Å². The summed E-state index contributed by atoms with van der Waals surface area (Å²) < 4.78 is 24.8. The molecule has 0 saturated heterocycles. The molecule has 3 aromatic carbocycles. The molecule has 0 unspecified atom stereocenters. The summed E-state index contributed by atoms with van der Waals surface area (Å²) in [6, 6.07) is 30.2. The first-order chi connectivity index (χ1) is 20.5. The average Bonchev–Trinajstić information content (AvgIpc) is 3.66. The van der Waals surface area contributed by atoms with E-state index in [9.17, 15) is 4.79 Å². The summed E-state index contributed by atoms with van der Waals surface area (Å²) in [7, 11) is 1.89. The van der Waals surface area contributed by atoms with Gasteiger partial charge in [-0.3, -0.25) is 14.0 Å². The third-order valence-corrected chi connectivity index (χ3v) is 8.30. The maximum atomic E-state index is 15.3. The van der Waals surface area contributed by atoms with Crippen LogP contribution in [-0.2, 0) is 26.6 Å². The van der Waals surface area contributed by atoms with E-state index < -0.39 is 5.82 Å². The van der Waals surface area contributed by atoms with E-state index in [4.69, 9.17) is 9.72 Å². The fourth-order valence-electron chi connectivity index (χ4n) is 5.03. The predicted molar refractivity (Wildman–Crippen MR) is 165 cm³/mol. The molecule has 0 radical (unpaired) electrons. The van der Waals surface area contributed by atoms with Crippen molar-refractivity contribution < 1.29 is 9.13 Å². The quantitative estimate of drug-likeness (QED) is 0.181. The third-order valence-electron chi connectivity index (χ3n) is 7.18. The van der Waals surface area contributed by atoms with Crippen LogP contribution in [-0.4, -0.2) is 19.3 Å². The molecule has 0 aliphatic rings. The van der Waals surface area contributed by atoms with E-state index in [-0.39, 0.29) is 17.9 Å². The Hall–Kier alpha value is -4.82. The number of nitrogens with zero attached hydrogens (tertiary/aromatic N) is 4. The van der Waals surface area contributed by atoms with Gasteiger partial charge in [-0.1, -0.05) is 66.7 Å². The molecule has 6 rings (SSSR count). The normalized spacial score (nSPS) is 11.1. The first kappa shape index (κ1) is 27.4. The Balaban J connectivity index is 1.46. The molecule has 0 bridgehead atoms. The molecule has 3 aromatic heterocycles. The Kier molecular flexibility index (Phi) is 7.79. The van der Waals surface area contributed by atoms with Gasteiger partial charge in [0.05, 0.1) is 27.4 Å². The van der Waals surface area contributed by atoms with Gasteiger partial charge in [-0.25, -0.2) is 9.37 Å². The lowest BCUT2D eigenvalue weighted by Gasteiger charge is -2.18. The summed E-state index contributed by atoms with van der Waals surface area (Å²) in [6.07, 6.45) is 2.36. The zero-order chi connectivity index (χ0) is 29.1. The van der Waals surface area contributed by atoms with Crippen LogP contribution in [0.3, 0.4) is 0 Å². The Morgan fingerprint density at radius 1 is 0.857 bits per heavy atom. The van der Waals surface area contributed by atoms with Crippen LogP contribution in [0, 0.1) is 12.7 Å². The summed E-state index contributed by atoms with van der Waals surface area (Å²) in [5.41, 5.74) is 4.34. The summed E-state index contributed by atoms with van der Waals surface area (Å²) in [5.74, 6) is -0.0558. The van der Waals surface area contributed by atoms with E-state index in [2.05, 4.69) is 5.10 Å². The van der Waals surface area contributed by atoms with E-state index in [1.807, 2.05) is 97.5 Å². The molecule has 6 nitrogen and oxygen atoms in total. The molecule has 0 aliphatic carbocycles. The number of benzene rings is 3. The minimum absolute atomic E-state index is 0.0727. The zero-order valence-electron chi connectivity index (χ0n) is 23.3. The largest absolute Gasteiger partial charge is 0.485 e. The van der Waals surface area contributed by atoms with Crippen LogP contribution < -0.4 is 10.3 Å². The van der Waals surface area contributed by atoms with Gasteiger partial charge in [-0.15, -0.1) is 11.3 Å². The van der Waals surface area contributed by atoms with Crippen LogP contribution in [0.4, 0.5) is 4.39 Å². The van der Waals surface area contributed by atoms with Gasteiger partial charge in [0.25, 0.3) is 5.56 Å². The number of aryl methyl sites for hydroxylation is 3. The van der Waals surface area contributed by atoms with Gasteiger partial charge >= 0.3 is 0 Å². The van der Waals surface area contributed by atoms with E-state index in [1.54, 1.807) is 22.9 Å². The van der Waals surface area contributed by atoms with Crippen LogP contribution in [0.1, 0.15) is 16.8 Å². The van der Waals surface area contributed by atoms with Gasteiger partial charge in [0.2, 0.25) is 0 Å². The molecule has 0 atom stereocenters. The van der Waals surface area contributed by atoms with Crippen molar-refractivity contribution in [3.05, 3.63) is 136 Å². The molecule has 3 heterocycles. The Labute approximate surface area is 247 Å². The van der Waals surface area contributed by atoms with Gasteiger partial charge in [0.1, 0.15) is 12.4 Å². The molecule has 0 aliphatic heterocycles. The lowest BCUT2D eigenvalue weighted by molar-refractivity contribution is 0.291. The number of halogens is 1. The molecule has 6 aromatic rings. The lowest BCUT2D eigenvalue weighted by Crippen LogP contribution is -2.27. The average molecular weight is 577 g/mol. The molecule has 0 N–H and O–H groups in total. The van der Waals surface area contributed by atoms with E-state index >= 15 is 4.39 Å². The van der Waals surface area contributed by atoms with E-state index in [0.29, 0.717) is 35.6 Å². The highest BCUT2D eigenvalue weighted by molar-refractivity contribution is 7.18. The SMILES string of the molecule is Cc1nc(-c2cccc(F)c2OCc2ccccc2)n(CCc2ccccc2)c(=O)c1-c1ccc(-c2ccnn2C)s1. The van der Waals surface area contributed by atoms with Crippen LogP contribution in [0.25, 0.3) is 32.4 Å². The van der Waals surface area contributed by atoms with Gasteiger partial charge in [-0.2, -0.15) is 5.10 Å². The number of rotatable bonds is 9. The highest BCUT2D eigenvalue weighted by atomic mass is 32.1. The van der Waals surface area contributed by atoms with Crippen LogP contribution in [0.15, 0.2) is 108 Å². The summed E-state index contributed by atoms with van der Waals surface area (Å²) in [5, 5.41) is 4.27. The molecular weight excluding hydrogens is 547 g/mol. The highest BCUT2D eigenvalue weighted by Crippen LogP contribution is 2.36. The summed E-state index contributed by atoms with van der Waals surface area (Å²) in [6.45, 7) is 2.38. The molecule has 42 heavy (non-hydrogen) atoms. The minimum atomic E-state index is -0.506. The molecule has 0 fully saturated rings. The molecule has 210 valence electrons.